The second-order valence-electron chi connectivity index (χ2n) is 35.9. The predicted octanol–water partition coefficient (Wildman–Crippen LogP) is -0.675. The zero-order valence-electron chi connectivity index (χ0n) is 76.5. The number of unbranched alkanes of at least 4 members (excludes halogenated alkanes) is 30. The van der Waals surface area contributed by atoms with Crippen LogP contribution in [0.15, 0.2) is 24.3 Å². The lowest BCUT2D eigenvalue weighted by atomic mass is 9.93. The number of amides is 3. The molecule has 7 fully saturated rings. The highest BCUT2D eigenvalue weighted by Crippen LogP contribution is 2.39. The van der Waals surface area contributed by atoms with Crippen molar-refractivity contribution in [2.75, 3.05) is 46.2 Å². The van der Waals surface area contributed by atoms with Crippen LogP contribution in [0.25, 0.3) is 0 Å². The van der Waals surface area contributed by atoms with Gasteiger partial charge in [-0.1, -0.05) is 205 Å². The number of carbonyl (C=O) groups is 3. The van der Waals surface area contributed by atoms with E-state index in [1.54, 1.807) is 6.08 Å². The lowest BCUT2D eigenvalue weighted by Crippen LogP contribution is -2.71. The van der Waals surface area contributed by atoms with Crippen LogP contribution in [0.3, 0.4) is 0 Å². The molecule has 758 valence electrons. The molecule has 0 aliphatic carbocycles. The maximum absolute atomic E-state index is 13.6. The Labute approximate surface area is 763 Å². The van der Waals surface area contributed by atoms with Crippen molar-refractivity contribution in [1.82, 2.24) is 16.0 Å². The molecule has 7 aliphatic heterocycles. The summed E-state index contributed by atoms with van der Waals surface area (Å²) in [5.41, 5.74) is 0. The Morgan fingerprint density at radius 3 is 1.16 bits per heavy atom. The summed E-state index contributed by atoms with van der Waals surface area (Å²) in [5, 5.41) is 233. The number of hydrogen-bond acceptors (Lipinski definition) is 37. The molecule has 0 bridgehead atoms. The van der Waals surface area contributed by atoms with Crippen molar-refractivity contribution >= 4 is 17.7 Å². The van der Waals surface area contributed by atoms with Crippen LogP contribution >= 0.6 is 0 Å². The number of rotatable bonds is 61. The highest BCUT2D eigenvalue weighted by Gasteiger charge is 2.59. The summed E-state index contributed by atoms with van der Waals surface area (Å²) >= 11 is 0. The average Bonchev–Trinajstić information content (AvgIpc) is 0.773. The number of allylic oxidation sites excluding steroid dienone is 3. The van der Waals surface area contributed by atoms with E-state index in [1.807, 2.05) is 6.08 Å². The fraction of sp³-hybridized carbons (Fsp3) is 0.922. The smallest absolute Gasteiger partial charge is 0.220 e. The SMILES string of the molecule is CCCCCCCC/C=C\CCCCCCCCCCCCCCCC(=O)N[C@@H](CO[C@@H]1OC(CO)[C@@H](O[C@@H]2OC(CO)[C@H](O[C@@H]3OC(CO)[C@H](O)[C@H](O[C@@H]4OC(CO[C@@H]5OC(CO)[C@@H](O)[C@H](O[C@H]6C(O)[C@H](O)C(C)O[C@H]6O)C5NC(C)=O)[C@H](O)[C@H](O[C@@H]5OC(CO)[C@H](O)[C@H](O)C5O)C4NC(C)=O)C3O)[C@H](O)C2O)[C@H](O)C1O)[C@H](O)/C=C/CCCCCCCCCCCCC. The van der Waals surface area contributed by atoms with Crippen molar-refractivity contribution in [2.24, 2.45) is 0 Å². The predicted molar refractivity (Wildman–Crippen MR) is 462 cm³/mol. The van der Waals surface area contributed by atoms with E-state index in [-0.39, 0.29) is 12.3 Å². The van der Waals surface area contributed by atoms with Crippen molar-refractivity contribution in [3.8, 4) is 0 Å². The van der Waals surface area contributed by atoms with Gasteiger partial charge in [0.1, 0.15) is 165 Å². The molecule has 7 saturated heterocycles. The topological polar surface area (TPSA) is 621 Å². The Balaban J connectivity index is 0.985. The van der Waals surface area contributed by atoms with Gasteiger partial charge in [-0.05, 0) is 51.9 Å². The minimum Gasteiger partial charge on any atom is -0.394 e. The van der Waals surface area contributed by atoms with Crippen molar-refractivity contribution in [3.05, 3.63) is 24.3 Å². The standard InChI is InChI=1S/C90H161N3O37/c1-6-8-10-12-14-16-18-20-21-22-23-24-25-26-27-28-29-31-33-35-37-39-41-43-62(102)93-54(55(101)42-40-38-36-34-32-30-19-17-15-13-11-9-7-2)49-117-87-75(113)72(110)78(59(47-97)123-87)127-89-76(114)73(111)79(60(48-98)124-89)128-90-77(115)82(68(106)58(46-96)122-90)130-86-64(92-53(5)100)81(129-88-74(112)70(108)66(104)56(44-94)121-88)69(107)61(125-86)50-118-85-63(91-52(4)99)80(67(105)57(45-95)120-85)126-83-71(109)65(103)51(3)119-84(83)116/h20-21,40,42,51,54-61,63-90,94-98,101,103-116H,6-19,22-39,41,43-50H2,1-5H3,(H,91,99)(H,92,100)(H,93,102)/b21-20-,42-40+/t51?,54-,55+,56?,57?,58?,59?,60?,61?,63?,64?,65+,66-,67+,68-,69-,70-,71?,72+,73+,74?,75?,76?,77?,78+,79-,80+,81+,82-,83-,84+,85+,86-,87+,88-,89-,90-/m0/s1. The van der Waals surface area contributed by atoms with Crippen molar-refractivity contribution in [2.45, 2.75) is 480 Å². The number of carbonyl (C=O) groups excluding carboxylic acids is 3. The Hall–Kier alpha value is -3.47. The van der Waals surface area contributed by atoms with E-state index in [1.165, 1.54) is 155 Å². The van der Waals surface area contributed by atoms with Crippen LogP contribution in [0.2, 0.25) is 0 Å². The van der Waals surface area contributed by atoms with Crippen LogP contribution in [0.4, 0.5) is 0 Å². The van der Waals surface area contributed by atoms with Crippen LogP contribution in [0, 0.1) is 0 Å². The Morgan fingerprint density at radius 1 is 0.331 bits per heavy atom. The summed E-state index contributed by atoms with van der Waals surface area (Å²) in [6.45, 7) is 1.20. The van der Waals surface area contributed by atoms with Gasteiger partial charge in [0.05, 0.1) is 64.5 Å². The maximum atomic E-state index is 13.6. The minimum atomic E-state index is -2.36. The zero-order valence-corrected chi connectivity index (χ0v) is 76.5. The molecule has 37 atom stereocenters. The van der Waals surface area contributed by atoms with E-state index in [2.05, 4.69) is 41.9 Å². The zero-order chi connectivity index (χ0) is 94.9. The highest BCUT2D eigenvalue weighted by molar-refractivity contribution is 5.76. The maximum Gasteiger partial charge on any atom is 0.220 e. The van der Waals surface area contributed by atoms with E-state index >= 15 is 0 Å². The van der Waals surface area contributed by atoms with Gasteiger partial charge in [-0.25, -0.2) is 0 Å². The van der Waals surface area contributed by atoms with E-state index in [0.29, 0.717) is 12.8 Å². The first kappa shape index (κ1) is 114. The fourth-order valence-corrected chi connectivity index (χ4v) is 17.6. The summed E-state index contributed by atoms with van der Waals surface area (Å²) in [7, 11) is 0. The molecule has 40 heteroatoms. The molecule has 7 rings (SSSR count). The van der Waals surface area contributed by atoms with Gasteiger partial charge in [0.2, 0.25) is 17.7 Å². The van der Waals surface area contributed by atoms with Crippen LogP contribution in [0.1, 0.15) is 253 Å². The Bertz CT molecular complexity index is 3110. The molecule has 0 aromatic rings. The fourth-order valence-electron chi connectivity index (χ4n) is 17.6. The lowest BCUT2D eigenvalue weighted by molar-refractivity contribution is -0.390. The number of ether oxygens (including phenoxy) is 14. The van der Waals surface area contributed by atoms with Crippen molar-refractivity contribution in [3.63, 3.8) is 0 Å². The van der Waals surface area contributed by atoms with Gasteiger partial charge in [-0.15, -0.1) is 0 Å². The number of nitrogens with one attached hydrogen (secondary N) is 3. The lowest BCUT2D eigenvalue weighted by Gasteiger charge is -2.51. The molecule has 7 heterocycles. The van der Waals surface area contributed by atoms with Gasteiger partial charge in [0.25, 0.3) is 0 Å². The van der Waals surface area contributed by atoms with Crippen LogP contribution in [0.5, 0.6) is 0 Å². The summed E-state index contributed by atoms with van der Waals surface area (Å²) in [4.78, 5) is 39.8. The van der Waals surface area contributed by atoms with Crippen molar-refractivity contribution < 1.29 is 183 Å². The number of aliphatic hydroxyl groups excluding tert-OH is 20. The van der Waals surface area contributed by atoms with Crippen LogP contribution in [-0.4, -0.2) is 393 Å². The first-order chi connectivity index (χ1) is 62.5. The van der Waals surface area contributed by atoms with Gasteiger partial charge in [0, 0.05) is 20.3 Å². The molecule has 0 aromatic carbocycles. The summed E-state index contributed by atoms with van der Waals surface area (Å²) in [6.07, 6.45) is -19.2. The largest absolute Gasteiger partial charge is 0.394 e. The van der Waals surface area contributed by atoms with Gasteiger partial charge >= 0.3 is 0 Å². The van der Waals surface area contributed by atoms with Gasteiger partial charge < -0.3 is 184 Å². The second kappa shape index (κ2) is 61.1. The molecule has 40 nitrogen and oxygen atoms in total. The van der Waals surface area contributed by atoms with Gasteiger partial charge in [0.15, 0.2) is 44.0 Å². The molecule has 130 heavy (non-hydrogen) atoms. The third-order valence-corrected chi connectivity index (χ3v) is 25.5. The minimum absolute atomic E-state index is 0.163. The third kappa shape index (κ3) is 35.1. The molecular weight excluding hydrogens is 1710 g/mol. The second-order valence-corrected chi connectivity index (χ2v) is 35.9. The molecule has 0 radical (unpaired) electrons. The molecule has 23 N–H and O–H groups in total. The summed E-state index contributed by atoms with van der Waals surface area (Å²) in [5.74, 6) is -2.12. The van der Waals surface area contributed by atoms with E-state index in [0.717, 1.165) is 65.2 Å². The molecule has 3 amide bonds. The monoisotopic (exact) mass is 1880 g/mol. The normalized spacial score (nSPS) is 37.3. The van der Waals surface area contributed by atoms with Gasteiger partial charge in [-0.3, -0.25) is 14.4 Å². The van der Waals surface area contributed by atoms with E-state index in [9.17, 15) is 117 Å². The highest BCUT2D eigenvalue weighted by atomic mass is 16.8. The number of aliphatic hydroxyl groups is 20. The molecule has 14 unspecified atom stereocenters. The molecule has 7 aliphatic rings. The average molecular weight is 1880 g/mol. The van der Waals surface area contributed by atoms with E-state index in [4.69, 9.17) is 66.3 Å². The first-order valence-corrected chi connectivity index (χ1v) is 48.0. The van der Waals surface area contributed by atoms with Gasteiger partial charge in [-0.2, -0.15) is 0 Å². The van der Waals surface area contributed by atoms with Crippen molar-refractivity contribution in [1.29, 1.82) is 0 Å². The summed E-state index contributed by atoms with van der Waals surface area (Å²) in [6, 6.07) is -4.72. The molecule has 0 aromatic heterocycles. The molecular formula is C90H161N3O37. The quantitative estimate of drug-likeness (QED) is 0.0265. The first-order valence-electron chi connectivity index (χ1n) is 48.0. The third-order valence-electron chi connectivity index (χ3n) is 25.5. The number of hydrogen-bond donors (Lipinski definition) is 23. The van der Waals surface area contributed by atoms with E-state index < -0.39 is 285 Å². The Kier molecular flexibility index (Phi) is 53.3. The Morgan fingerprint density at radius 2 is 0.685 bits per heavy atom. The molecule has 0 saturated carbocycles. The molecule has 0 spiro atoms. The van der Waals surface area contributed by atoms with Crippen LogP contribution in [-0.2, 0) is 80.7 Å². The summed E-state index contributed by atoms with van der Waals surface area (Å²) < 4.78 is 83.3. The van der Waals surface area contributed by atoms with Crippen LogP contribution < -0.4 is 16.0 Å².